The number of carbonyl (C=O) groups is 1. The van der Waals surface area contributed by atoms with Crippen LogP contribution in [0.1, 0.15) is 30.4 Å². The highest BCUT2D eigenvalue weighted by Crippen LogP contribution is 2.23. The molecule has 3 rings (SSSR count). The van der Waals surface area contributed by atoms with Crippen LogP contribution in [0.15, 0.2) is 60.8 Å². The highest BCUT2D eigenvalue weighted by molar-refractivity contribution is 5.95. The van der Waals surface area contributed by atoms with Gasteiger partial charge in [0.1, 0.15) is 5.82 Å². The van der Waals surface area contributed by atoms with E-state index < -0.39 is 0 Å². The van der Waals surface area contributed by atoms with E-state index in [0.29, 0.717) is 12.2 Å². The van der Waals surface area contributed by atoms with Gasteiger partial charge < -0.3 is 5.32 Å². The van der Waals surface area contributed by atoms with E-state index in [-0.39, 0.29) is 17.6 Å². The SMILES string of the molecule is CC[C@@H](C(=O)Nc1nn(-c2ccccc2)cc1C)c1ccc(F)cc1. The van der Waals surface area contributed by atoms with Crippen molar-refractivity contribution in [3.63, 3.8) is 0 Å². The highest BCUT2D eigenvalue weighted by Gasteiger charge is 2.20. The minimum absolute atomic E-state index is 0.143. The lowest BCUT2D eigenvalue weighted by Crippen LogP contribution is -2.21. The quantitative estimate of drug-likeness (QED) is 0.747. The van der Waals surface area contributed by atoms with E-state index >= 15 is 0 Å². The lowest BCUT2D eigenvalue weighted by atomic mass is 9.95. The first-order valence-corrected chi connectivity index (χ1v) is 8.26. The number of para-hydroxylation sites is 1. The summed E-state index contributed by atoms with van der Waals surface area (Å²) in [5, 5.41) is 7.37. The first-order chi connectivity index (χ1) is 12.1. The maximum atomic E-state index is 13.1. The molecule has 0 saturated carbocycles. The number of carbonyl (C=O) groups excluding carboxylic acids is 1. The Morgan fingerprint density at radius 2 is 1.84 bits per heavy atom. The third-order valence-electron chi connectivity index (χ3n) is 4.16. The second-order valence-electron chi connectivity index (χ2n) is 5.94. The topological polar surface area (TPSA) is 46.9 Å². The average molecular weight is 337 g/mol. The summed E-state index contributed by atoms with van der Waals surface area (Å²) in [5.41, 5.74) is 2.60. The standard InChI is InChI=1S/C20H20FN3O/c1-3-18(15-9-11-16(21)12-10-15)20(25)22-19-14(2)13-24(23-19)17-7-5-4-6-8-17/h4-13,18H,3H2,1-2H3,(H,22,23,25)/t18-/m1/s1. The van der Waals surface area contributed by atoms with Crippen molar-refractivity contribution >= 4 is 11.7 Å². The zero-order valence-electron chi connectivity index (χ0n) is 14.2. The van der Waals surface area contributed by atoms with Gasteiger partial charge in [-0.1, -0.05) is 37.3 Å². The zero-order valence-corrected chi connectivity index (χ0v) is 14.2. The summed E-state index contributed by atoms with van der Waals surface area (Å²) >= 11 is 0. The molecule has 0 fully saturated rings. The molecule has 0 unspecified atom stereocenters. The van der Waals surface area contributed by atoms with Gasteiger partial charge in [-0.3, -0.25) is 4.79 Å². The molecule has 1 atom stereocenters. The Kier molecular flexibility index (Phi) is 4.93. The van der Waals surface area contributed by atoms with Gasteiger partial charge >= 0.3 is 0 Å². The van der Waals surface area contributed by atoms with E-state index in [9.17, 15) is 9.18 Å². The molecule has 4 nitrogen and oxygen atoms in total. The fraction of sp³-hybridized carbons (Fsp3) is 0.200. The van der Waals surface area contributed by atoms with Crippen LogP contribution in [-0.2, 0) is 4.79 Å². The van der Waals surface area contributed by atoms with Gasteiger partial charge in [-0.25, -0.2) is 9.07 Å². The van der Waals surface area contributed by atoms with Gasteiger partial charge in [-0.05, 0) is 43.2 Å². The number of aryl methyl sites for hydroxylation is 1. The highest BCUT2D eigenvalue weighted by atomic mass is 19.1. The molecule has 0 radical (unpaired) electrons. The molecule has 1 heterocycles. The van der Waals surface area contributed by atoms with E-state index in [1.54, 1.807) is 16.8 Å². The Morgan fingerprint density at radius 1 is 1.16 bits per heavy atom. The van der Waals surface area contributed by atoms with Crippen molar-refractivity contribution in [2.24, 2.45) is 0 Å². The predicted octanol–water partition coefficient (Wildman–Crippen LogP) is 4.45. The van der Waals surface area contributed by atoms with Gasteiger partial charge in [0, 0.05) is 11.8 Å². The van der Waals surface area contributed by atoms with Crippen molar-refractivity contribution in [1.82, 2.24) is 9.78 Å². The number of halogens is 1. The predicted molar refractivity (Wildman–Crippen MR) is 96.4 cm³/mol. The minimum atomic E-state index is -0.345. The molecule has 0 aliphatic heterocycles. The molecule has 1 aromatic heterocycles. The van der Waals surface area contributed by atoms with Crippen LogP contribution in [0.5, 0.6) is 0 Å². The summed E-state index contributed by atoms with van der Waals surface area (Å²) in [7, 11) is 0. The molecule has 0 aliphatic carbocycles. The maximum absolute atomic E-state index is 13.1. The van der Waals surface area contributed by atoms with Crippen molar-refractivity contribution in [3.8, 4) is 5.69 Å². The van der Waals surface area contributed by atoms with Gasteiger partial charge in [0.25, 0.3) is 0 Å². The molecule has 3 aromatic rings. The second-order valence-corrected chi connectivity index (χ2v) is 5.94. The van der Waals surface area contributed by atoms with E-state index in [1.807, 2.05) is 50.4 Å². The first kappa shape index (κ1) is 16.9. The van der Waals surface area contributed by atoms with Crippen LogP contribution in [0.4, 0.5) is 10.2 Å². The molecular formula is C20H20FN3O. The fourth-order valence-electron chi connectivity index (χ4n) is 2.77. The zero-order chi connectivity index (χ0) is 17.8. The van der Waals surface area contributed by atoms with Crippen LogP contribution in [0, 0.1) is 12.7 Å². The summed E-state index contributed by atoms with van der Waals surface area (Å²) in [6.45, 7) is 3.84. The molecule has 0 spiro atoms. The number of rotatable bonds is 5. The fourth-order valence-corrected chi connectivity index (χ4v) is 2.77. The molecule has 0 saturated heterocycles. The number of amides is 1. The van der Waals surface area contributed by atoms with Crippen molar-refractivity contribution in [1.29, 1.82) is 0 Å². The van der Waals surface area contributed by atoms with Crippen molar-refractivity contribution in [2.45, 2.75) is 26.2 Å². The summed E-state index contributed by atoms with van der Waals surface area (Å²) in [6.07, 6.45) is 2.50. The van der Waals surface area contributed by atoms with Gasteiger partial charge in [0.15, 0.2) is 5.82 Å². The lowest BCUT2D eigenvalue weighted by Gasteiger charge is -2.14. The average Bonchev–Trinajstić information content (AvgIpc) is 2.99. The summed E-state index contributed by atoms with van der Waals surface area (Å²) in [6, 6.07) is 15.8. The number of anilines is 1. The number of hydrogen-bond donors (Lipinski definition) is 1. The molecule has 2 aromatic carbocycles. The largest absolute Gasteiger partial charge is 0.308 e. The molecular weight excluding hydrogens is 317 g/mol. The van der Waals surface area contributed by atoms with Crippen molar-refractivity contribution in [3.05, 3.63) is 77.7 Å². The Balaban J connectivity index is 1.80. The Bertz CT molecular complexity index is 856. The van der Waals surface area contributed by atoms with E-state index in [4.69, 9.17) is 0 Å². The third kappa shape index (κ3) is 3.76. The van der Waals surface area contributed by atoms with Crippen LogP contribution in [0.25, 0.3) is 5.69 Å². The van der Waals surface area contributed by atoms with Crippen molar-refractivity contribution < 1.29 is 9.18 Å². The van der Waals surface area contributed by atoms with E-state index in [2.05, 4.69) is 10.4 Å². The van der Waals surface area contributed by atoms with E-state index in [0.717, 1.165) is 16.8 Å². The van der Waals surface area contributed by atoms with Crippen LogP contribution >= 0.6 is 0 Å². The maximum Gasteiger partial charge on any atom is 0.233 e. The molecule has 128 valence electrons. The summed E-state index contributed by atoms with van der Waals surface area (Å²) < 4.78 is 14.8. The smallest absolute Gasteiger partial charge is 0.233 e. The van der Waals surface area contributed by atoms with Crippen molar-refractivity contribution in [2.75, 3.05) is 5.32 Å². The molecule has 1 amide bonds. The van der Waals surface area contributed by atoms with Gasteiger partial charge in [0.2, 0.25) is 5.91 Å². The van der Waals surface area contributed by atoms with Gasteiger partial charge in [-0.2, -0.15) is 0 Å². The van der Waals surface area contributed by atoms with Crippen LogP contribution in [0.2, 0.25) is 0 Å². The van der Waals surface area contributed by atoms with Gasteiger partial charge in [-0.15, -0.1) is 5.10 Å². The van der Waals surface area contributed by atoms with Crippen LogP contribution in [0.3, 0.4) is 0 Å². The monoisotopic (exact) mass is 337 g/mol. The lowest BCUT2D eigenvalue weighted by molar-refractivity contribution is -0.117. The molecule has 0 bridgehead atoms. The van der Waals surface area contributed by atoms with E-state index in [1.165, 1.54) is 12.1 Å². The van der Waals surface area contributed by atoms with Crippen LogP contribution in [-0.4, -0.2) is 15.7 Å². The number of benzene rings is 2. The summed E-state index contributed by atoms with van der Waals surface area (Å²) in [4.78, 5) is 12.7. The second kappa shape index (κ2) is 7.30. The Hall–Kier alpha value is -2.95. The first-order valence-electron chi connectivity index (χ1n) is 8.26. The Morgan fingerprint density at radius 3 is 2.48 bits per heavy atom. The van der Waals surface area contributed by atoms with Crippen LogP contribution < -0.4 is 5.32 Å². The molecule has 1 N–H and O–H groups in total. The number of hydrogen-bond acceptors (Lipinski definition) is 2. The normalized spacial score (nSPS) is 12.0. The minimum Gasteiger partial charge on any atom is -0.308 e. The summed E-state index contributed by atoms with van der Waals surface area (Å²) in [5.74, 6) is -0.261. The molecule has 5 heteroatoms. The number of nitrogens with zero attached hydrogens (tertiary/aromatic N) is 2. The molecule has 0 aliphatic rings. The van der Waals surface area contributed by atoms with Gasteiger partial charge in [0.05, 0.1) is 11.6 Å². The Labute approximate surface area is 146 Å². The molecule has 25 heavy (non-hydrogen) atoms. The number of aromatic nitrogens is 2. The third-order valence-corrected chi connectivity index (χ3v) is 4.16. The number of nitrogens with one attached hydrogen (secondary N) is 1.